The molecule has 1 aromatic carbocycles. The van der Waals surface area contributed by atoms with Crippen molar-refractivity contribution in [2.24, 2.45) is 5.41 Å². The van der Waals surface area contributed by atoms with Gasteiger partial charge >= 0.3 is 0 Å². The lowest BCUT2D eigenvalue weighted by atomic mass is 9.85. The molecular formula is C12H16BrFO. The molecular weight excluding hydrogens is 259 g/mol. The Morgan fingerprint density at radius 2 is 2.00 bits per heavy atom. The van der Waals surface area contributed by atoms with Gasteiger partial charge in [0.2, 0.25) is 0 Å². The summed E-state index contributed by atoms with van der Waals surface area (Å²) in [6.07, 6.45) is 0.101. The molecule has 1 atom stereocenters. The summed E-state index contributed by atoms with van der Waals surface area (Å²) in [5.41, 5.74) is 0.771. The Morgan fingerprint density at radius 3 is 2.47 bits per heavy atom. The Kier molecular flexibility index (Phi) is 3.90. The average molecular weight is 275 g/mol. The fraction of sp³-hybridized carbons (Fsp3) is 0.500. The highest BCUT2D eigenvalue weighted by molar-refractivity contribution is 9.10. The van der Waals surface area contributed by atoms with Gasteiger partial charge in [0.25, 0.3) is 0 Å². The average Bonchev–Trinajstić information content (AvgIpc) is 2.08. The van der Waals surface area contributed by atoms with Crippen LogP contribution in [0.2, 0.25) is 0 Å². The van der Waals surface area contributed by atoms with Crippen LogP contribution in [0.1, 0.15) is 26.3 Å². The predicted molar refractivity (Wildman–Crippen MR) is 63.3 cm³/mol. The van der Waals surface area contributed by atoms with Gasteiger partial charge in [-0.15, -0.1) is 0 Å². The fourth-order valence-corrected chi connectivity index (χ4v) is 1.71. The fourth-order valence-electron chi connectivity index (χ4n) is 1.20. The van der Waals surface area contributed by atoms with Gasteiger partial charge in [0.05, 0.1) is 6.10 Å². The molecule has 0 saturated carbocycles. The number of hydrogen-bond donors (Lipinski definition) is 1. The molecule has 1 rings (SSSR count). The zero-order valence-electron chi connectivity index (χ0n) is 9.22. The van der Waals surface area contributed by atoms with Crippen LogP contribution in [-0.2, 0) is 6.42 Å². The molecule has 0 amide bonds. The quantitative estimate of drug-likeness (QED) is 0.875. The summed E-state index contributed by atoms with van der Waals surface area (Å²) in [6.45, 7) is 5.94. The van der Waals surface area contributed by atoms with E-state index >= 15 is 0 Å². The van der Waals surface area contributed by atoms with Crippen LogP contribution in [0.15, 0.2) is 22.7 Å². The van der Waals surface area contributed by atoms with E-state index in [1.165, 1.54) is 12.1 Å². The van der Waals surface area contributed by atoms with Crippen molar-refractivity contribution >= 4 is 15.9 Å². The molecule has 0 heterocycles. The Labute approximate surface area is 98.4 Å². The molecule has 15 heavy (non-hydrogen) atoms. The van der Waals surface area contributed by atoms with Crippen molar-refractivity contribution in [1.29, 1.82) is 0 Å². The molecule has 1 N–H and O–H groups in total. The molecule has 0 aromatic heterocycles. The van der Waals surface area contributed by atoms with Gasteiger partial charge < -0.3 is 5.11 Å². The van der Waals surface area contributed by atoms with Gasteiger partial charge in [-0.3, -0.25) is 0 Å². The molecule has 0 aliphatic rings. The van der Waals surface area contributed by atoms with Crippen LogP contribution < -0.4 is 0 Å². The lowest BCUT2D eigenvalue weighted by Crippen LogP contribution is -2.28. The minimum atomic E-state index is -0.431. The van der Waals surface area contributed by atoms with E-state index in [1.807, 2.05) is 20.8 Å². The third-order valence-corrected chi connectivity index (χ3v) is 3.17. The number of aliphatic hydroxyl groups excluding tert-OH is 1. The van der Waals surface area contributed by atoms with Crippen molar-refractivity contribution in [1.82, 2.24) is 0 Å². The van der Waals surface area contributed by atoms with Crippen molar-refractivity contribution < 1.29 is 9.50 Å². The highest BCUT2D eigenvalue weighted by atomic mass is 79.9. The van der Waals surface area contributed by atoms with E-state index in [4.69, 9.17) is 0 Å². The second-order valence-corrected chi connectivity index (χ2v) is 5.68. The highest BCUT2D eigenvalue weighted by Gasteiger charge is 2.22. The van der Waals surface area contributed by atoms with Crippen molar-refractivity contribution in [2.45, 2.75) is 33.3 Å². The van der Waals surface area contributed by atoms with Crippen LogP contribution in [0.4, 0.5) is 4.39 Å². The number of benzene rings is 1. The van der Waals surface area contributed by atoms with Crippen LogP contribution in [0.5, 0.6) is 0 Å². The minimum absolute atomic E-state index is 0.159. The van der Waals surface area contributed by atoms with Crippen molar-refractivity contribution in [3.63, 3.8) is 0 Å². The summed E-state index contributed by atoms with van der Waals surface area (Å²) >= 11 is 3.29. The van der Waals surface area contributed by atoms with Gasteiger partial charge in [0.1, 0.15) is 5.82 Å². The van der Waals surface area contributed by atoms with Gasteiger partial charge in [-0.05, 0) is 29.5 Å². The zero-order chi connectivity index (χ0) is 11.6. The third-order valence-electron chi connectivity index (χ3n) is 2.43. The monoisotopic (exact) mass is 274 g/mol. The highest BCUT2D eigenvalue weighted by Crippen LogP contribution is 2.26. The Balaban J connectivity index is 2.82. The molecule has 0 aliphatic heterocycles. The van der Waals surface area contributed by atoms with Gasteiger partial charge in [0.15, 0.2) is 0 Å². The maximum absolute atomic E-state index is 12.8. The summed E-state index contributed by atoms with van der Waals surface area (Å²) in [4.78, 5) is 0. The molecule has 0 radical (unpaired) electrons. The first kappa shape index (κ1) is 12.7. The van der Waals surface area contributed by atoms with E-state index in [0.717, 1.165) is 5.56 Å². The Hall–Kier alpha value is -0.410. The number of aliphatic hydroxyl groups is 1. The van der Waals surface area contributed by atoms with Crippen LogP contribution >= 0.6 is 15.9 Å². The SMILES string of the molecule is CC(C)(C)C(O)Cc1ccc(F)cc1Br. The lowest BCUT2D eigenvalue weighted by molar-refractivity contribution is 0.0634. The maximum atomic E-state index is 12.8. The minimum Gasteiger partial charge on any atom is -0.392 e. The number of hydrogen-bond acceptors (Lipinski definition) is 1. The smallest absolute Gasteiger partial charge is 0.124 e. The van der Waals surface area contributed by atoms with E-state index in [0.29, 0.717) is 10.9 Å². The molecule has 3 heteroatoms. The summed E-state index contributed by atoms with van der Waals surface area (Å²) in [7, 11) is 0. The van der Waals surface area contributed by atoms with Crippen molar-refractivity contribution in [3.05, 3.63) is 34.1 Å². The molecule has 0 spiro atoms. The van der Waals surface area contributed by atoms with Gasteiger partial charge in [-0.2, -0.15) is 0 Å². The zero-order valence-corrected chi connectivity index (χ0v) is 10.8. The second-order valence-electron chi connectivity index (χ2n) is 4.82. The van der Waals surface area contributed by atoms with Crippen molar-refractivity contribution in [2.75, 3.05) is 0 Å². The molecule has 0 aliphatic carbocycles. The lowest BCUT2D eigenvalue weighted by Gasteiger charge is -2.26. The summed E-state index contributed by atoms with van der Waals surface area (Å²) < 4.78 is 13.5. The van der Waals surface area contributed by atoms with E-state index in [2.05, 4.69) is 15.9 Å². The van der Waals surface area contributed by atoms with E-state index in [9.17, 15) is 9.50 Å². The Bertz CT molecular complexity index is 344. The van der Waals surface area contributed by atoms with Gasteiger partial charge in [-0.1, -0.05) is 42.8 Å². The molecule has 0 fully saturated rings. The first-order valence-corrected chi connectivity index (χ1v) is 5.72. The largest absolute Gasteiger partial charge is 0.392 e. The molecule has 84 valence electrons. The van der Waals surface area contributed by atoms with Gasteiger partial charge in [-0.25, -0.2) is 4.39 Å². The molecule has 1 aromatic rings. The van der Waals surface area contributed by atoms with E-state index < -0.39 is 6.10 Å². The standard InChI is InChI=1S/C12H16BrFO/c1-12(2,3)11(15)6-8-4-5-9(14)7-10(8)13/h4-5,7,11,15H,6H2,1-3H3. The Morgan fingerprint density at radius 1 is 1.40 bits per heavy atom. The second kappa shape index (κ2) is 4.62. The molecule has 1 nitrogen and oxygen atoms in total. The first-order valence-electron chi connectivity index (χ1n) is 4.92. The van der Waals surface area contributed by atoms with Crippen LogP contribution in [0.3, 0.4) is 0 Å². The third kappa shape index (κ3) is 3.58. The number of halogens is 2. The number of rotatable bonds is 2. The van der Waals surface area contributed by atoms with E-state index in [1.54, 1.807) is 6.07 Å². The summed E-state index contributed by atoms with van der Waals surface area (Å²) in [5, 5.41) is 9.92. The van der Waals surface area contributed by atoms with Gasteiger partial charge in [0, 0.05) is 4.47 Å². The predicted octanol–water partition coefficient (Wildman–Crippen LogP) is 3.54. The molecule has 0 bridgehead atoms. The van der Waals surface area contributed by atoms with Crippen LogP contribution in [0.25, 0.3) is 0 Å². The first-order chi connectivity index (χ1) is 6.80. The van der Waals surface area contributed by atoms with Crippen LogP contribution in [0, 0.1) is 11.2 Å². The summed E-state index contributed by atoms with van der Waals surface area (Å²) in [6, 6.07) is 4.54. The van der Waals surface area contributed by atoms with Crippen LogP contribution in [-0.4, -0.2) is 11.2 Å². The topological polar surface area (TPSA) is 20.2 Å². The van der Waals surface area contributed by atoms with E-state index in [-0.39, 0.29) is 11.2 Å². The molecule has 1 unspecified atom stereocenters. The summed E-state index contributed by atoms with van der Waals surface area (Å²) in [5.74, 6) is -0.268. The normalized spacial score (nSPS) is 14.0. The molecule has 0 saturated heterocycles. The van der Waals surface area contributed by atoms with Crippen molar-refractivity contribution in [3.8, 4) is 0 Å². The maximum Gasteiger partial charge on any atom is 0.124 e.